The standard InChI is InChI=1S/C41H52N4O7/c1-8-49-27-33-36(34(26-46)44(7)42-33)32-20-13-19-30-31(21-14-25-51-35-22-12-17-28-16-10-11-18-29(28)35)38(39(47)50-9-2)45(37(30)32)24-15-23-43(6)40(48)52-41(3,4)5/h10-13,16-20,22,46H,8-9,14-15,21,23-27H2,1-7H3. The summed E-state index contributed by atoms with van der Waals surface area (Å²) in [6.07, 6.45) is 1.32. The van der Waals surface area contributed by atoms with Gasteiger partial charge in [-0.15, -0.1) is 0 Å². The van der Waals surface area contributed by atoms with E-state index in [-0.39, 0.29) is 19.8 Å². The number of carbonyl (C=O) groups excluding carboxylic acids is 2. The predicted molar refractivity (Wildman–Crippen MR) is 203 cm³/mol. The van der Waals surface area contributed by atoms with Gasteiger partial charge < -0.3 is 33.5 Å². The lowest BCUT2D eigenvalue weighted by Crippen LogP contribution is -2.35. The zero-order valence-electron chi connectivity index (χ0n) is 31.5. The Kier molecular flexibility index (Phi) is 12.6. The SMILES string of the molecule is CCOCc1nn(C)c(CO)c1-c1cccc2c(CCCOc3cccc4ccccc34)c(C(=O)OCC)n(CCCN(C)C(=O)OC(C)(C)C)c12. The zero-order valence-corrected chi connectivity index (χ0v) is 31.5. The van der Waals surface area contributed by atoms with E-state index in [9.17, 15) is 14.7 Å². The third-order valence-electron chi connectivity index (χ3n) is 8.91. The topological polar surface area (TPSA) is 117 Å². The van der Waals surface area contributed by atoms with Crippen LogP contribution in [-0.2, 0) is 47.4 Å². The molecule has 2 heterocycles. The van der Waals surface area contributed by atoms with Gasteiger partial charge in [0.2, 0.25) is 0 Å². The summed E-state index contributed by atoms with van der Waals surface area (Å²) < 4.78 is 27.1. The monoisotopic (exact) mass is 712 g/mol. The zero-order chi connectivity index (χ0) is 37.4. The molecule has 1 amide bonds. The molecular formula is C41H52N4O7. The summed E-state index contributed by atoms with van der Waals surface area (Å²) in [5.41, 5.74) is 4.48. The van der Waals surface area contributed by atoms with Gasteiger partial charge in [-0.25, -0.2) is 9.59 Å². The molecule has 0 saturated carbocycles. The molecule has 3 aromatic carbocycles. The van der Waals surface area contributed by atoms with Crippen molar-refractivity contribution in [2.45, 2.75) is 79.2 Å². The second-order valence-electron chi connectivity index (χ2n) is 13.8. The van der Waals surface area contributed by atoms with Gasteiger partial charge in [0, 0.05) is 55.7 Å². The van der Waals surface area contributed by atoms with Crippen molar-refractivity contribution in [2.24, 2.45) is 7.05 Å². The van der Waals surface area contributed by atoms with Crippen molar-refractivity contribution in [2.75, 3.05) is 33.4 Å². The van der Waals surface area contributed by atoms with Crippen LogP contribution in [0.2, 0.25) is 0 Å². The van der Waals surface area contributed by atoms with Gasteiger partial charge in [0.05, 0.1) is 43.3 Å². The molecule has 0 fully saturated rings. The molecule has 278 valence electrons. The normalized spacial score (nSPS) is 11.7. The molecule has 0 atom stereocenters. The number of carbonyl (C=O) groups is 2. The molecule has 0 saturated heterocycles. The molecule has 5 aromatic rings. The van der Waals surface area contributed by atoms with Crippen molar-refractivity contribution in [3.8, 4) is 16.9 Å². The number of benzene rings is 3. The Morgan fingerprint density at radius 1 is 0.942 bits per heavy atom. The first-order valence-electron chi connectivity index (χ1n) is 18.1. The van der Waals surface area contributed by atoms with E-state index in [2.05, 4.69) is 18.2 Å². The molecule has 0 aliphatic carbocycles. The summed E-state index contributed by atoms with van der Waals surface area (Å²) in [6, 6.07) is 20.2. The average molecular weight is 713 g/mol. The van der Waals surface area contributed by atoms with Gasteiger partial charge in [-0.3, -0.25) is 4.68 Å². The van der Waals surface area contributed by atoms with Crippen LogP contribution in [0.1, 0.15) is 74.9 Å². The molecule has 0 radical (unpaired) electrons. The van der Waals surface area contributed by atoms with Gasteiger partial charge in [-0.1, -0.05) is 54.6 Å². The quantitative estimate of drug-likeness (QED) is 0.0819. The lowest BCUT2D eigenvalue weighted by atomic mass is 9.98. The number of aliphatic hydroxyl groups excluding tert-OH is 1. The number of fused-ring (bicyclic) bond motifs is 2. The first kappa shape index (κ1) is 38.4. The minimum Gasteiger partial charge on any atom is -0.493 e. The molecule has 0 aliphatic heterocycles. The second-order valence-corrected chi connectivity index (χ2v) is 13.8. The smallest absolute Gasteiger partial charge is 0.410 e. The van der Waals surface area contributed by atoms with Crippen LogP contribution in [0.25, 0.3) is 32.8 Å². The summed E-state index contributed by atoms with van der Waals surface area (Å²) in [4.78, 5) is 28.3. The number of hydrogen-bond donors (Lipinski definition) is 1. The number of aryl methyl sites for hydroxylation is 3. The van der Waals surface area contributed by atoms with Crippen LogP contribution < -0.4 is 4.74 Å². The predicted octanol–water partition coefficient (Wildman–Crippen LogP) is 7.67. The molecule has 0 bridgehead atoms. The Morgan fingerprint density at radius 2 is 1.67 bits per heavy atom. The summed E-state index contributed by atoms with van der Waals surface area (Å²) in [5.74, 6) is 0.399. The van der Waals surface area contributed by atoms with Gasteiger partial charge in [-0.05, 0) is 70.9 Å². The van der Waals surface area contributed by atoms with Gasteiger partial charge in [0.1, 0.15) is 17.0 Å². The Hall–Kier alpha value is -4.87. The van der Waals surface area contributed by atoms with Gasteiger partial charge in [-0.2, -0.15) is 5.10 Å². The van der Waals surface area contributed by atoms with Crippen LogP contribution in [0.5, 0.6) is 5.75 Å². The summed E-state index contributed by atoms with van der Waals surface area (Å²) in [5, 5.41) is 18.3. The molecule has 0 spiro atoms. The van der Waals surface area contributed by atoms with Gasteiger partial charge in [0.15, 0.2) is 0 Å². The van der Waals surface area contributed by atoms with E-state index in [0.29, 0.717) is 62.6 Å². The molecular weight excluding hydrogens is 660 g/mol. The minimum absolute atomic E-state index is 0.216. The molecule has 11 heteroatoms. The van der Waals surface area contributed by atoms with E-state index in [1.807, 2.05) is 81.8 Å². The molecule has 11 nitrogen and oxygen atoms in total. The molecule has 52 heavy (non-hydrogen) atoms. The first-order chi connectivity index (χ1) is 25.0. The Morgan fingerprint density at radius 3 is 2.40 bits per heavy atom. The number of esters is 1. The fourth-order valence-corrected chi connectivity index (χ4v) is 6.65. The number of rotatable bonds is 16. The Balaban J connectivity index is 1.58. The molecule has 0 aliphatic rings. The third kappa shape index (κ3) is 8.59. The van der Waals surface area contributed by atoms with Crippen molar-refractivity contribution in [3.05, 3.63) is 83.3 Å². The number of ether oxygens (including phenoxy) is 4. The van der Waals surface area contributed by atoms with Crippen molar-refractivity contribution >= 4 is 33.7 Å². The van der Waals surface area contributed by atoms with Crippen LogP contribution >= 0.6 is 0 Å². The van der Waals surface area contributed by atoms with E-state index in [1.54, 1.807) is 23.6 Å². The highest BCUT2D eigenvalue weighted by Gasteiger charge is 2.28. The Bertz CT molecular complexity index is 2000. The lowest BCUT2D eigenvalue weighted by Gasteiger charge is -2.24. The number of para-hydroxylation sites is 1. The average Bonchev–Trinajstić information content (AvgIpc) is 3.61. The van der Waals surface area contributed by atoms with Crippen LogP contribution in [0.15, 0.2) is 60.7 Å². The minimum atomic E-state index is -0.618. The number of aliphatic hydroxyl groups is 1. The van der Waals surface area contributed by atoms with Crippen molar-refractivity contribution in [3.63, 3.8) is 0 Å². The van der Waals surface area contributed by atoms with Crippen LogP contribution in [0.3, 0.4) is 0 Å². The summed E-state index contributed by atoms with van der Waals surface area (Å²) in [6.45, 7) is 11.3. The largest absolute Gasteiger partial charge is 0.493 e. The molecule has 0 unspecified atom stereocenters. The number of amides is 1. The van der Waals surface area contributed by atoms with Crippen LogP contribution in [0.4, 0.5) is 4.79 Å². The lowest BCUT2D eigenvalue weighted by molar-refractivity contribution is 0.0294. The Labute approximate surface area is 306 Å². The van der Waals surface area contributed by atoms with E-state index in [0.717, 1.165) is 44.1 Å². The van der Waals surface area contributed by atoms with Crippen LogP contribution in [-0.4, -0.2) is 75.4 Å². The fourth-order valence-electron chi connectivity index (χ4n) is 6.65. The number of hydrogen-bond acceptors (Lipinski definition) is 8. The van der Waals surface area contributed by atoms with Crippen molar-refractivity contribution in [1.29, 1.82) is 0 Å². The summed E-state index contributed by atoms with van der Waals surface area (Å²) >= 11 is 0. The maximum absolute atomic E-state index is 14.0. The van der Waals surface area contributed by atoms with Crippen molar-refractivity contribution < 1.29 is 33.6 Å². The highest BCUT2D eigenvalue weighted by Crippen LogP contribution is 2.39. The molecule has 1 N–H and O–H groups in total. The van der Waals surface area contributed by atoms with Gasteiger partial charge >= 0.3 is 12.1 Å². The third-order valence-corrected chi connectivity index (χ3v) is 8.91. The highest BCUT2D eigenvalue weighted by molar-refractivity contribution is 6.05. The molecule has 5 rings (SSSR count). The number of aromatic nitrogens is 3. The maximum atomic E-state index is 14.0. The van der Waals surface area contributed by atoms with E-state index >= 15 is 0 Å². The maximum Gasteiger partial charge on any atom is 0.410 e. The summed E-state index contributed by atoms with van der Waals surface area (Å²) in [7, 11) is 3.52. The van der Waals surface area contributed by atoms with E-state index < -0.39 is 17.7 Å². The van der Waals surface area contributed by atoms with Crippen molar-refractivity contribution in [1.82, 2.24) is 19.2 Å². The van der Waals surface area contributed by atoms with E-state index in [4.69, 9.17) is 24.0 Å². The number of nitrogens with zero attached hydrogens (tertiary/aromatic N) is 4. The molecule has 2 aromatic heterocycles. The van der Waals surface area contributed by atoms with Crippen LogP contribution in [0, 0.1) is 0 Å². The fraction of sp³-hybridized carbons (Fsp3) is 0.439. The highest BCUT2D eigenvalue weighted by atomic mass is 16.6. The van der Waals surface area contributed by atoms with Gasteiger partial charge in [0.25, 0.3) is 0 Å². The second kappa shape index (κ2) is 17.1. The van der Waals surface area contributed by atoms with E-state index in [1.165, 1.54) is 0 Å². The first-order valence-corrected chi connectivity index (χ1v) is 18.1.